The average Bonchev–Trinajstić information content (AvgIpc) is 2.51. The third kappa shape index (κ3) is 3.94. The van der Waals surface area contributed by atoms with Gasteiger partial charge >= 0.3 is 0 Å². The van der Waals surface area contributed by atoms with E-state index in [1.807, 2.05) is 31.2 Å². The fourth-order valence-electron chi connectivity index (χ4n) is 3.08. The van der Waals surface area contributed by atoms with Crippen LogP contribution in [0.3, 0.4) is 0 Å². The molecule has 126 valence electrons. The number of nitrogens with two attached hydrogens (primary N) is 1. The van der Waals surface area contributed by atoms with Gasteiger partial charge in [-0.3, -0.25) is 9.78 Å². The molecule has 0 atom stereocenters. The van der Waals surface area contributed by atoms with E-state index in [2.05, 4.69) is 10.3 Å². The number of nitrogens with one attached hydrogen (secondary N) is 1. The Morgan fingerprint density at radius 1 is 1.17 bits per heavy atom. The first-order chi connectivity index (χ1) is 10.1. The SMILES string of the molecule is Cc1ccc(NC(=O)C2(N)CCCCC2)c2cccnc12.Cl.Cl. The summed E-state index contributed by atoms with van der Waals surface area (Å²) in [6, 6.07) is 7.78. The van der Waals surface area contributed by atoms with Crippen molar-refractivity contribution >= 4 is 47.3 Å². The second-order valence-corrected chi connectivity index (χ2v) is 6.00. The summed E-state index contributed by atoms with van der Waals surface area (Å²) in [5, 5.41) is 3.98. The molecule has 1 saturated carbocycles. The summed E-state index contributed by atoms with van der Waals surface area (Å²) >= 11 is 0. The number of benzene rings is 1. The standard InChI is InChI=1S/C17H21N3O.2ClH/c1-12-7-8-14(13-6-5-11-19-15(12)13)20-16(21)17(18)9-3-2-4-10-17;;/h5-8,11H,2-4,9-10,18H2,1H3,(H,20,21);2*1H. The van der Waals surface area contributed by atoms with Crippen LogP contribution < -0.4 is 11.1 Å². The van der Waals surface area contributed by atoms with E-state index >= 15 is 0 Å². The number of carbonyl (C=O) groups excluding carboxylic acids is 1. The van der Waals surface area contributed by atoms with Gasteiger partial charge in [-0.2, -0.15) is 0 Å². The molecule has 0 unspecified atom stereocenters. The number of pyridine rings is 1. The van der Waals surface area contributed by atoms with Gasteiger partial charge in [-0.1, -0.05) is 25.3 Å². The van der Waals surface area contributed by atoms with Crippen LogP contribution in [0.15, 0.2) is 30.5 Å². The van der Waals surface area contributed by atoms with Gasteiger partial charge in [0.15, 0.2) is 0 Å². The molecular weight excluding hydrogens is 333 g/mol. The van der Waals surface area contributed by atoms with Crippen molar-refractivity contribution in [3.63, 3.8) is 0 Å². The lowest BCUT2D eigenvalue weighted by molar-refractivity contribution is -0.122. The Morgan fingerprint density at radius 3 is 2.57 bits per heavy atom. The van der Waals surface area contributed by atoms with Crippen LogP contribution in [0.1, 0.15) is 37.7 Å². The Morgan fingerprint density at radius 2 is 1.87 bits per heavy atom. The topological polar surface area (TPSA) is 68.0 Å². The summed E-state index contributed by atoms with van der Waals surface area (Å²) in [5.41, 5.74) is 8.39. The highest BCUT2D eigenvalue weighted by molar-refractivity contribution is 6.05. The number of hydrogen-bond acceptors (Lipinski definition) is 3. The third-order valence-corrected chi connectivity index (χ3v) is 4.42. The summed E-state index contributed by atoms with van der Waals surface area (Å²) < 4.78 is 0. The highest BCUT2D eigenvalue weighted by Gasteiger charge is 2.35. The molecule has 4 nitrogen and oxygen atoms in total. The molecule has 3 N–H and O–H groups in total. The highest BCUT2D eigenvalue weighted by Crippen LogP contribution is 2.29. The van der Waals surface area contributed by atoms with Crippen molar-refractivity contribution in [1.82, 2.24) is 4.98 Å². The molecule has 1 aromatic heterocycles. The summed E-state index contributed by atoms with van der Waals surface area (Å²) in [7, 11) is 0. The molecule has 23 heavy (non-hydrogen) atoms. The fourth-order valence-corrected chi connectivity index (χ4v) is 3.08. The van der Waals surface area contributed by atoms with Crippen molar-refractivity contribution in [2.75, 3.05) is 5.32 Å². The van der Waals surface area contributed by atoms with Crippen molar-refractivity contribution < 1.29 is 4.79 Å². The van der Waals surface area contributed by atoms with Gasteiger partial charge in [0.1, 0.15) is 0 Å². The third-order valence-electron chi connectivity index (χ3n) is 4.42. The molecule has 0 aliphatic heterocycles. The Balaban J connectivity index is 0.00000132. The van der Waals surface area contributed by atoms with E-state index in [-0.39, 0.29) is 30.7 Å². The van der Waals surface area contributed by atoms with Gasteiger partial charge in [-0.15, -0.1) is 24.8 Å². The van der Waals surface area contributed by atoms with Crippen LogP contribution >= 0.6 is 24.8 Å². The molecule has 0 bridgehead atoms. The van der Waals surface area contributed by atoms with Crippen LogP contribution in [-0.2, 0) is 4.79 Å². The van der Waals surface area contributed by atoms with Crippen molar-refractivity contribution in [3.05, 3.63) is 36.0 Å². The Bertz CT molecular complexity index is 685. The molecule has 0 spiro atoms. The number of fused-ring (bicyclic) bond motifs is 1. The summed E-state index contributed by atoms with van der Waals surface area (Å²) in [6.45, 7) is 2.02. The van der Waals surface area contributed by atoms with Gasteiger partial charge < -0.3 is 11.1 Å². The lowest BCUT2D eigenvalue weighted by atomic mass is 9.82. The van der Waals surface area contributed by atoms with Crippen LogP contribution in [0.25, 0.3) is 10.9 Å². The summed E-state index contributed by atoms with van der Waals surface area (Å²) in [5.74, 6) is -0.0730. The van der Waals surface area contributed by atoms with Crippen LogP contribution in [0.5, 0.6) is 0 Å². The number of aromatic nitrogens is 1. The van der Waals surface area contributed by atoms with E-state index in [9.17, 15) is 4.79 Å². The quantitative estimate of drug-likeness (QED) is 0.855. The zero-order valence-corrected chi connectivity index (χ0v) is 14.8. The van der Waals surface area contributed by atoms with E-state index in [1.165, 1.54) is 6.42 Å². The van der Waals surface area contributed by atoms with E-state index in [0.717, 1.165) is 47.8 Å². The van der Waals surface area contributed by atoms with E-state index in [1.54, 1.807) is 6.20 Å². The number of halogens is 2. The number of aryl methyl sites for hydroxylation is 1. The maximum absolute atomic E-state index is 12.6. The molecule has 1 aliphatic rings. The molecule has 1 amide bonds. The molecule has 1 aromatic carbocycles. The number of rotatable bonds is 2. The van der Waals surface area contributed by atoms with E-state index in [0.29, 0.717) is 0 Å². The van der Waals surface area contributed by atoms with Gasteiger partial charge in [0.25, 0.3) is 0 Å². The number of amides is 1. The Hall–Kier alpha value is -1.36. The minimum Gasteiger partial charge on any atom is -0.324 e. The Labute approximate surface area is 149 Å². The summed E-state index contributed by atoms with van der Waals surface area (Å²) in [4.78, 5) is 17.0. The van der Waals surface area contributed by atoms with Gasteiger partial charge in [0, 0.05) is 11.6 Å². The van der Waals surface area contributed by atoms with Crippen molar-refractivity contribution in [3.8, 4) is 0 Å². The van der Waals surface area contributed by atoms with Crippen molar-refractivity contribution in [2.45, 2.75) is 44.6 Å². The number of anilines is 1. The first-order valence-electron chi connectivity index (χ1n) is 7.55. The van der Waals surface area contributed by atoms with E-state index in [4.69, 9.17) is 5.73 Å². The molecule has 1 fully saturated rings. The van der Waals surface area contributed by atoms with Crippen LogP contribution in [-0.4, -0.2) is 16.4 Å². The molecule has 2 aromatic rings. The number of hydrogen-bond donors (Lipinski definition) is 2. The van der Waals surface area contributed by atoms with Crippen molar-refractivity contribution in [2.24, 2.45) is 5.73 Å². The monoisotopic (exact) mass is 355 g/mol. The molecule has 1 aliphatic carbocycles. The van der Waals surface area contributed by atoms with Crippen LogP contribution in [0, 0.1) is 6.92 Å². The van der Waals surface area contributed by atoms with Crippen LogP contribution in [0.2, 0.25) is 0 Å². The largest absolute Gasteiger partial charge is 0.324 e. The summed E-state index contributed by atoms with van der Waals surface area (Å²) in [6.07, 6.45) is 6.53. The molecule has 6 heteroatoms. The zero-order chi connectivity index (χ0) is 14.9. The fraction of sp³-hybridized carbons (Fsp3) is 0.412. The normalized spacial score (nSPS) is 16.1. The number of carbonyl (C=O) groups is 1. The lowest BCUT2D eigenvalue weighted by Crippen LogP contribution is -2.52. The maximum Gasteiger partial charge on any atom is 0.244 e. The van der Waals surface area contributed by atoms with Gasteiger partial charge in [-0.05, 0) is 43.5 Å². The minimum atomic E-state index is -0.725. The van der Waals surface area contributed by atoms with Crippen molar-refractivity contribution in [1.29, 1.82) is 0 Å². The van der Waals surface area contributed by atoms with Crippen LogP contribution in [0.4, 0.5) is 5.69 Å². The van der Waals surface area contributed by atoms with Gasteiger partial charge in [0.2, 0.25) is 5.91 Å². The maximum atomic E-state index is 12.6. The smallest absolute Gasteiger partial charge is 0.244 e. The first kappa shape index (κ1) is 19.7. The first-order valence-corrected chi connectivity index (χ1v) is 7.55. The van der Waals surface area contributed by atoms with E-state index < -0.39 is 5.54 Å². The minimum absolute atomic E-state index is 0. The lowest BCUT2D eigenvalue weighted by Gasteiger charge is -2.32. The predicted molar refractivity (Wildman–Crippen MR) is 99.6 cm³/mol. The number of nitrogens with zero attached hydrogens (tertiary/aromatic N) is 1. The van der Waals surface area contributed by atoms with Gasteiger partial charge in [-0.25, -0.2) is 0 Å². The zero-order valence-electron chi connectivity index (χ0n) is 13.2. The molecule has 0 saturated heterocycles. The van der Waals surface area contributed by atoms with Gasteiger partial charge in [0.05, 0.1) is 16.7 Å². The molecule has 1 heterocycles. The average molecular weight is 356 g/mol. The second-order valence-electron chi connectivity index (χ2n) is 6.00. The highest BCUT2D eigenvalue weighted by atomic mass is 35.5. The Kier molecular flexibility index (Phi) is 6.81. The molecule has 3 rings (SSSR count). The predicted octanol–water partition coefficient (Wildman–Crippen LogP) is 3.99. The molecular formula is C17H23Cl2N3O. The second kappa shape index (κ2) is 7.95. The molecule has 0 radical (unpaired) electrons.